The Labute approximate surface area is 121 Å². The van der Waals surface area contributed by atoms with Crippen molar-refractivity contribution in [2.45, 2.75) is 32.1 Å². The molecule has 0 radical (unpaired) electrons. The first-order valence-electron chi connectivity index (χ1n) is 7.74. The van der Waals surface area contributed by atoms with Crippen LogP contribution in [0.3, 0.4) is 0 Å². The van der Waals surface area contributed by atoms with Crippen LogP contribution in [-0.4, -0.2) is 26.8 Å². The van der Waals surface area contributed by atoms with Gasteiger partial charge in [0.1, 0.15) is 5.82 Å². The van der Waals surface area contributed by atoms with Crippen LogP contribution < -0.4 is 5.32 Å². The Hall–Kier alpha value is -0.930. The molecule has 0 amide bonds. The van der Waals surface area contributed by atoms with Crippen LogP contribution in [0.5, 0.6) is 0 Å². The summed E-state index contributed by atoms with van der Waals surface area (Å²) in [7, 11) is 1.72. The van der Waals surface area contributed by atoms with Crippen LogP contribution in [0.25, 0.3) is 0 Å². The summed E-state index contributed by atoms with van der Waals surface area (Å²) >= 11 is 0. The molecule has 2 rings (SSSR count). The van der Waals surface area contributed by atoms with E-state index in [0.717, 1.165) is 37.6 Å². The summed E-state index contributed by atoms with van der Waals surface area (Å²) in [5, 5.41) is 3.46. The first kappa shape index (κ1) is 15.5. The minimum Gasteiger partial charge on any atom is -0.383 e. The van der Waals surface area contributed by atoms with E-state index in [1.54, 1.807) is 19.2 Å². The van der Waals surface area contributed by atoms with Gasteiger partial charge >= 0.3 is 0 Å². The Bertz CT molecular complexity index is 390. The lowest BCUT2D eigenvalue weighted by atomic mass is 9.85. The zero-order valence-electron chi connectivity index (χ0n) is 12.4. The third kappa shape index (κ3) is 4.57. The van der Waals surface area contributed by atoms with Gasteiger partial charge in [0.25, 0.3) is 0 Å². The molecule has 1 fully saturated rings. The minimum atomic E-state index is -0.0626. The van der Waals surface area contributed by atoms with E-state index in [4.69, 9.17) is 4.74 Å². The first-order chi connectivity index (χ1) is 9.81. The molecule has 0 aliphatic heterocycles. The molecule has 0 bridgehead atoms. The smallest absolute Gasteiger partial charge is 0.126 e. The predicted octanol–water partition coefficient (Wildman–Crippen LogP) is 3.41. The standard InChI is InChI=1S/C17H26FNO/c1-20-11-10-19-13-16(14-6-2-3-7-14)12-15-8-4-5-9-17(15)18/h4-5,8-9,14,16,19H,2-3,6-7,10-13H2,1H3. The number of benzene rings is 1. The lowest BCUT2D eigenvalue weighted by Crippen LogP contribution is -2.31. The van der Waals surface area contributed by atoms with Gasteiger partial charge in [-0.1, -0.05) is 43.9 Å². The van der Waals surface area contributed by atoms with Gasteiger partial charge in [-0.05, 0) is 36.4 Å². The maximum absolute atomic E-state index is 13.8. The van der Waals surface area contributed by atoms with Crippen LogP contribution in [0.15, 0.2) is 24.3 Å². The third-order valence-electron chi connectivity index (χ3n) is 4.40. The summed E-state index contributed by atoms with van der Waals surface area (Å²) in [5.74, 6) is 1.21. The molecule has 112 valence electrons. The predicted molar refractivity (Wildman–Crippen MR) is 80.3 cm³/mol. The maximum atomic E-state index is 13.8. The van der Waals surface area contributed by atoms with Crippen molar-refractivity contribution in [1.82, 2.24) is 5.32 Å². The number of nitrogens with one attached hydrogen (secondary N) is 1. The van der Waals surface area contributed by atoms with Crippen LogP contribution in [-0.2, 0) is 11.2 Å². The lowest BCUT2D eigenvalue weighted by molar-refractivity contribution is 0.195. The molecule has 1 aliphatic rings. The summed E-state index contributed by atoms with van der Waals surface area (Å²) in [4.78, 5) is 0. The molecule has 2 nitrogen and oxygen atoms in total. The second-order valence-corrected chi connectivity index (χ2v) is 5.80. The Morgan fingerprint density at radius 2 is 2.05 bits per heavy atom. The lowest BCUT2D eigenvalue weighted by Gasteiger charge is -2.24. The van der Waals surface area contributed by atoms with Crippen molar-refractivity contribution in [3.05, 3.63) is 35.6 Å². The van der Waals surface area contributed by atoms with Crippen molar-refractivity contribution in [2.24, 2.45) is 11.8 Å². The average molecular weight is 279 g/mol. The summed E-state index contributed by atoms with van der Waals surface area (Å²) < 4.78 is 18.9. The Balaban J connectivity index is 1.93. The molecular formula is C17H26FNO. The second-order valence-electron chi connectivity index (χ2n) is 5.80. The van der Waals surface area contributed by atoms with Crippen LogP contribution in [0.1, 0.15) is 31.2 Å². The van der Waals surface area contributed by atoms with E-state index >= 15 is 0 Å². The highest BCUT2D eigenvalue weighted by molar-refractivity contribution is 5.18. The highest BCUT2D eigenvalue weighted by Gasteiger charge is 2.25. The van der Waals surface area contributed by atoms with Crippen LogP contribution in [0.2, 0.25) is 0 Å². The molecular weight excluding hydrogens is 253 g/mol. The van der Waals surface area contributed by atoms with E-state index in [9.17, 15) is 4.39 Å². The topological polar surface area (TPSA) is 21.3 Å². The molecule has 1 aromatic rings. The van der Waals surface area contributed by atoms with Crippen molar-refractivity contribution in [1.29, 1.82) is 0 Å². The van der Waals surface area contributed by atoms with Crippen LogP contribution >= 0.6 is 0 Å². The van der Waals surface area contributed by atoms with Crippen LogP contribution in [0.4, 0.5) is 4.39 Å². The summed E-state index contributed by atoms with van der Waals surface area (Å²) in [5.41, 5.74) is 0.859. The molecule has 0 spiro atoms. The quantitative estimate of drug-likeness (QED) is 0.736. The zero-order chi connectivity index (χ0) is 14.2. The fourth-order valence-electron chi connectivity index (χ4n) is 3.24. The Morgan fingerprint density at radius 3 is 2.75 bits per heavy atom. The number of ether oxygens (including phenoxy) is 1. The molecule has 1 aromatic carbocycles. The van der Waals surface area contributed by atoms with Crippen molar-refractivity contribution in [3.63, 3.8) is 0 Å². The molecule has 1 N–H and O–H groups in total. The van der Waals surface area contributed by atoms with Crippen molar-refractivity contribution < 1.29 is 9.13 Å². The van der Waals surface area contributed by atoms with Gasteiger partial charge in [0, 0.05) is 13.7 Å². The number of hydrogen-bond acceptors (Lipinski definition) is 2. The molecule has 0 heterocycles. The van der Waals surface area contributed by atoms with Gasteiger partial charge in [0.05, 0.1) is 6.61 Å². The fraction of sp³-hybridized carbons (Fsp3) is 0.647. The molecule has 1 unspecified atom stereocenters. The first-order valence-corrected chi connectivity index (χ1v) is 7.74. The van der Waals surface area contributed by atoms with Crippen molar-refractivity contribution in [3.8, 4) is 0 Å². The summed E-state index contributed by atoms with van der Waals surface area (Å²) in [6, 6.07) is 7.19. The number of rotatable bonds is 8. The Kier molecular flexibility index (Phi) is 6.48. The minimum absolute atomic E-state index is 0.0626. The van der Waals surface area contributed by atoms with Gasteiger partial charge in [-0.2, -0.15) is 0 Å². The molecule has 3 heteroatoms. The van der Waals surface area contributed by atoms with Gasteiger partial charge in [-0.3, -0.25) is 0 Å². The van der Waals surface area contributed by atoms with E-state index in [2.05, 4.69) is 5.32 Å². The molecule has 1 atom stereocenters. The fourth-order valence-corrected chi connectivity index (χ4v) is 3.24. The average Bonchev–Trinajstić information content (AvgIpc) is 2.98. The highest BCUT2D eigenvalue weighted by Crippen LogP contribution is 2.33. The molecule has 1 aliphatic carbocycles. The van der Waals surface area contributed by atoms with Gasteiger partial charge in [0.15, 0.2) is 0 Å². The molecule has 20 heavy (non-hydrogen) atoms. The van der Waals surface area contributed by atoms with E-state index < -0.39 is 0 Å². The monoisotopic (exact) mass is 279 g/mol. The third-order valence-corrected chi connectivity index (χ3v) is 4.40. The SMILES string of the molecule is COCCNCC(Cc1ccccc1F)C1CCCC1. The number of halogens is 1. The van der Waals surface area contributed by atoms with Gasteiger partial charge in [0.2, 0.25) is 0 Å². The zero-order valence-corrected chi connectivity index (χ0v) is 12.4. The summed E-state index contributed by atoms with van der Waals surface area (Å²) in [6.07, 6.45) is 6.10. The molecule has 0 saturated heterocycles. The largest absolute Gasteiger partial charge is 0.383 e. The second kappa shape index (κ2) is 8.38. The number of hydrogen-bond donors (Lipinski definition) is 1. The Morgan fingerprint density at radius 1 is 1.30 bits per heavy atom. The molecule has 0 aromatic heterocycles. The van der Waals surface area contributed by atoms with Gasteiger partial charge < -0.3 is 10.1 Å². The maximum Gasteiger partial charge on any atom is 0.126 e. The normalized spacial score (nSPS) is 17.5. The number of methoxy groups -OCH3 is 1. The van der Waals surface area contributed by atoms with Crippen LogP contribution in [0, 0.1) is 17.7 Å². The van der Waals surface area contributed by atoms with E-state index in [1.165, 1.54) is 25.7 Å². The van der Waals surface area contributed by atoms with E-state index in [1.807, 2.05) is 12.1 Å². The van der Waals surface area contributed by atoms with E-state index in [-0.39, 0.29) is 5.82 Å². The van der Waals surface area contributed by atoms with E-state index in [0.29, 0.717) is 5.92 Å². The van der Waals surface area contributed by atoms with Crippen molar-refractivity contribution in [2.75, 3.05) is 26.8 Å². The van der Waals surface area contributed by atoms with Gasteiger partial charge in [-0.15, -0.1) is 0 Å². The molecule has 1 saturated carbocycles. The highest BCUT2D eigenvalue weighted by atomic mass is 19.1. The van der Waals surface area contributed by atoms with Gasteiger partial charge in [-0.25, -0.2) is 4.39 Å². The summed E-state index contributed by atoms with van der Waals surface area (Å²) in [6.45, 7) is 2.57. The van der Waals surface area contributed by atoms with Crippen molar-refractivity contribution >= 4 is 0 Å².